The minimum atomic E-state index is -0.296. The largest absolute Gasteiger partial charge is 0.496 e. The van der Waals surface area contributed by atoms with Crippen LogP contribution in [0.1, 0.15) is 35.0 Å². The molecule has 5 heteroatoms. The molecule has 1 unspecified atom stereocenters. The minimum Gasteiger partial charge on any atom is -0.496 e. The first kappa shape index (κ1) is 15.5. The quantitative estimate of drug-likeness (QED) is 0.921. The molecule has 1 aromatic carbocycles. The van der Waals surface area contributed by atoms with Crippen LogP contribution in [-0.2, 0) is 13.5 Å². The first-order valence-electron chi connectivity index (χ1n) is 7.02. The van der Waals surface area contributed by atoms with Gasteiger partial charge in [-0.25, -0.2) is 4.39 Å². The highest BCUT2D eigenvalue weighted by Gasteiger charge is 2.16. The average Bonchev–Trinajstić information content (AvgIpc) is 2.70. The molecule has 1 aromatic heterocycles. The van der Waals surface area contributed by atoms with Crippen LogP contribution in [0.2, 0.25) is 0 Å². The van der Waals surface area contributed by atoms with Gasteiger partial charge in [0.25, 0.3) is 0 Å². The van der Waals surface area contributed by atoms with Gasteiger partial charge in [-0.15, -0.1) is 0 Å². The molecule has 2 rings (SSSR count). The van der Waals surface area contributed by atoms with E-state index in [1.165, 1.54) is 17.7 Å². The van der Waals surface area contributed by atoms with Crippen molar-refractivity contribution in [3.05, 3.63) is 46.5 Å². The van der Waals surface area contributed by atoms with E-state index in [0.717, 1.165) is 17.8 Å². The van der Waals surface area contributed by atoms with E-state index in [0.29, 0.717) is 17.7 Å². The Labute approximate surface area is 124 Å². The topological polar surface area (TPSA) is 53.1 Å². The first-order chi connectivity index (χ1) is 9.93. The lowest BCUT2D eigenvalue weighted by atomic mass is 9.98. The van der Waals surface area contributed by atoms with Crippen molar-refractivity contribution in [1.29, 1.82) is 0 Å². The predicted molar refractivity (Wildman–Crippen MR) is 80.9 cm³/mol. The Morgan fingerprint density at radius 3 is 2.67 bits per heavy atom. The molecular formula is C16H22FN3O. The van der Waals surface area contributed by atoms with E-state index in [-0.39, 0.29) is 11.9 Å². The molecule has 0 saturated heterocycles. The van der Waals surface area contributed by atoms with Gasteiger partial charge in [-0.2, -0.15) is 5.10 Å². The zero-order valence-electron chi connectivity index (χ0n) is 13.0. The van der Waals surface area contributed by atoms with Crippen molar-refractivity contribution in [2.75, 3.05) is 7.11 Å². The van der Waals surface area contributed by atoms with Crippen LogP contribution in [0.3, 0.4) is 0 Å². The second-order valence-electron chi connectivity index (χ2n) is 5.30. The summed E-state index contributed by atoms with van der Waals surface area (Å²) in [7, 11) is 3.50. The smallest absolute Gasteiger partial charge is 0.123 e. The molecule has 114 valence electrons. The first-order valence-corrected chi connectivity index (χ1v) is 7.02. The summed E-state index contributed by atoms with van der Waals surface area (Å²) >= 11 is 0. The van der Waals surface area contributed by atoms with Gasteiger partial charge in [-0.05, 0) is 50.5 Å². The summed E-state index contributed by atoms with van der Waals surface area (Å²) in [6.45, 7) is 4.04. The Morgan fingerprint density at radius 1 is 1.38 bits per heavy atom. The molecule has 0 aliphatic carbocycles. The second-order valence-corrected chi connectivity index (χ2v) is 5.30. The van der Waals surface area contributed by atoms with Crippen molar-refractivity contribution in [3.63, 3.8) is 0 Å². The highest BCUT2D eigenvalue weighted by Crippen LogP contribution is 2.28. The summed E-state index contributed by atoms with van der Waals surface area (Å²) in [4.78, 5) is 0. The highest BCUT2D eigenvalue weighted by atomic mass is 19.1. The summed E-state index contributed by atoms with van der Waals surface area (Å²) < 4.78 is 20.6. The van der Waals surface area contributed by atoms with Gasteiger partial charge in [0.05, 0.1) is 12.8 Å². The minimum absolute atomic E-state index is 0.269. The molecule has 0 spiro atoms. The Kier molecular flexibility index (Phi) is 4.63. The SMILES string of the molecule is COc1ccc(F)cc1C(N)CCc1c(C)nn(C)c1C. The van der Waals surface area contributed by atoms with Crippen LogP contribution in [0.4, 0.5) is 4.39 Å². The molecule has 0 fully saturated rings. The van der Waals surface area contributed by atoms with Crippen molar-refractivity contribution in [3.8, 4) is 5.75 Å². The highest BCUT2D eigenvalue weighted by molar-refractivity contribution is 5.36. The van der Waals surface area contributed by atoms with Crippen LogP contribution < -0.4 is 10.5 Å². The Morgan fingerprint density at radius 2 is 2.10 bits per heavy atom. The standard InChI is InChI=1S/C16H22FN3O/c1-10-13(11(2)20(3)19-10)6-7-15(18)14-9-12(17)5-8-16(14)21-4/h5,8-9,15H,6-7,18H2,1-4H3. The van der Waals surface area contributed by atoms with Crippen LogP contribution in [0.15, 0.2) is 18.2 Å². The van der Waals surface area contributed by atoms with Gasteiger partial charge >= 0.3 is 0 Å². The van der Waals surface area contributed by atoms with E-state index in [2.05, 4.69) is 5.10 Å². The maximum absolute atomic E-state index is 13.4. The van der Waals surface area contributed by atoms with Gasteiger partial charge in [-0.1, -0.05) is 0 Å². The molecule has 0 amide bonds. The number of benzene rings is 1. The summed E-state index contributed by atoms with van der Waals surface area (Å²) in [5.41, 5.74) is 10.3. The van der Waals surface area contributed by atoms with Crippen molar-refractivity contribution in [2.24, 2.45) is 12.8 Å². The van der Waals surface area contributed by atoms with Gasteiger partial charge in [0, 0.05) is 24.3 Å². The molecule has 2 N–H and O–H groups in total. The van der Waals surface area contributed by atoms with Crippen molar-refractivity contribution < 1.29 is 9.13 Å². The molecule has 0 aliphatic heterocycles. The third-order valence-electron chi connectivity index (χ3n) is 3.96. The molecule has 2 aromatic rings. The van der Waals surface area contributed by atoms with E-state index in [9.17, 15) is 4.39 Å². The molecule has 1 heterocycles. The molecule has 1 atom stereocenters. The lowest BCUT2D eigenvalue weighted by molar-refractivity contribution is 0.402. The third-order valence-corrected chi connectivity index (χ3v) is 3.96. The fourth-order valence-electron chi connectivity index (χ4n) is 2.63. The molecular weight excluding hydrogens is 269 g/mol. The zero-order chi connectivity index (χ0) is 15.6. The van der Waals surface area contributed by atoms with Crippen LogP contribution in [-0.4, -0.2) is 16.9 Å². The second kappa shape index (κ2) is 6.26. The van der Waals surface area contributed by atoms with Crippen LogP contribution in [0, 0.1) is 19.7 Å². The number of hydrogen-bond donors (Lipinski definition) is 1. The van der Waals surface area contributed by atoms with E-state index >= 15 is 0 Å². The van der Waals surface area contributed by atoms with Crippen molar-refractivity contribution in [2.45, 2.75) is 32.7 Å². The predicted octanol–water partition coefficient (Wildman–Crippen LogP) is 2.82. The summed E-state index contributed by atoms with van der Waals surface area (Å²) in [6, 6.07) is 4.18. The third kappa shape index (κ3) is 3.24. The fraction of sp³-hybridized carbons (Fsp3) is 0.438. The number of halogens is 1. The lowest BCUT2D eigenvalue weighted by Crippen LogP contribution is -2.13. The summed E-state index contributed by atoms with van der Waals surface area (Å²) in [5.74, 6) is 0.332. The Balaban J connectivity index is 2.15. The lowest BCUT2D eigenvalue weighted by Gasteiger charge is -2.16. The number of nitrogens with two attached hydrogens (primary N) is 1. The fourth-order valence-corrected chi connectivity index (χ4v) is 2.63. The van der Waals surface area contributed by atoms with E-state index in [4.69, 9.17) is 10.5 Å². The van der Waals surface area contributed by atoms with Gasteiger partial charge in [-0.3, -0.25) is 4.68 Å². The van der Waals surface area contributed by atoms with Crippen molar-refractivity contribution in [1.82, 2.24) is 9.78 Å². The molecule has 0 saturated carbocycles. The Hall–Kier alpha value is -1.88. The maximum atomic E-state index is 13.4. The summed E-state index contributed by atoms with van der Waals surface area (Å²) in [6.07, 6.45) is 1.53. The number of nitrogens with zero attached hydrogens (tertiary/aromatic N) is 2. The molecule has 21 heavy (non-hydrogen) atoms. The number of ether oxygens (including phenoxy) is 1. The summed E-state index contributed by atoms with van der Waals surface area (Å²) in [5, 5.41) is 4.40. The normalized spacial score (nSPS) is 12.5. The zero-order valence-corrected chi connectivity index (χ0v) is 13.0. The maximum Gasteiger partial charge on any atom is 0.123 e. The van der Waals surface area contributed by atoms with E-state index < -0.39 is 0 Å². The van der Waals surface area contributed by atoms with Crippen LogP contribution >= 0.6 is 0 Å². The number of hydrogen-bond acceptors (Lipinski definition) is 3. The molecule has 0 bridgehead atoms. The molecule has 0 aliphatic rings. The Bertz CT molecular complexity index is 637. The number of methoxy groups -OCH3 is 1. The molecule has 0 radical (unpaired) electrons. The van der Waals surface area contributed by atoms with E-state index in [1.807, 2.05) is 25.6 Å². The average molecular weight is 291 g/mol. The number of aryl methyl sites for hydroxylation is 2. The number of rotatable bonds is 5. The van der Waals surface area contributed by atoms with E-state index in [1.54, 1.807) is 13.2 Å². The van der Waals surface area contributed by atoms with Crippen molar-refractivity contribution >= 4 is 0 Å². The van der Waals surface area contributed by atoms with Gasteiger partial charge in [0.2, 0.25) is 0 Å². The van der Waals surface area contributed by atoms with Gasteiger partial charge in [0.1, 0.15) is 11.6 Å². The van der Waals surface area contributed by atoms with Crippen LogP contribution in [0.25, 0.3) is 0 Å². The molecule has 4 nitrogen and oxygen atoms in total. The van der Waals surface area contributed by atoms with Crippen LogP contribution in [0.5, 0.6) is 5.75 Å². The van der Waals surface area contributed by atoms with Gasteiger partial charge < -0.3 is 10.5 Å². The number of aromatic nitrogens is 2. The van der Waals surface area contributed by atoms with Gasteiger partial charge in [0.15, 0.2) is 0 Å². The monoisotopic (exact) mass is 291 g/mol.